The van der Waals surface area contributed by atoms with Gasteiger partial charge in [0.2, 0.25) is 0 Å². The van der Waals surface area contributed by atoms with E-state index in [4.69, 9.17) is 19.7 Å². The topological polar surface area (TPSA) is 131 Å². The number of imidazole rings is 1. The van der Waals surface area contributed by atoms with Crippen molar-refractivity contribution in [3.8, 4) is 11.6 Å². The molecule has 0 bridgehead atoms. The van der Waals surface area contributed by atoms with Gasteiger partial charge in [0, 0.05) is 43.5 Å². The van der Waals surface area contributed by atoms with Crippen molar-refractivity contribution in [3.63, 3.8) is 0 Å². The van der Waals surface area contributed by atoms with Crippen molar-refractivity contribution in [2.45, 2.75) is 19.3 Å². The number of nitrogens with zero attached hydrogens (tertiary/aromatic N) is 5. The molecule has 3 aromatic heterocycles. The number of methoxy groups -OCH3 is 2. The Bertz CT molecular complexity index is 1470. The summed E-state index contributed by atoms with van der Waals surface area (Å²) in [6.07, 6.45) is 5.73. The van der Waals surface area contributed by atoms with Gasteiger partial charge in [0.1, 0.15) is 5.82 Å². The lowest BCUT2D eigenvalue weighted by Crippen LogP contribution is -2.37. The Morgan fingerprint density at radius 1 is 1.11 bits per heavy atom. The van der Waals surface area contributed by atoms with Gasteiger partial charge in [-0.15, -0.1) is 5.10 Å². The zero-order valence-electron chi connectivity index (χ0n) is 21.1. The first-order chi connectivity index (χ1) is 18.4. The molecule has 0 saturated carbocycles. The van der Waals surface area contributed by atoms with Gasteiger partial charge in [-0.3, -0.25) is 4.79 Å². The molecule has 1 atom stereocenters. The maximum absolute atomic E-state index is 12.9. The van der Waals surface area contributed by atoms with E-state index < -0.39 is 5.97 Å². The third kappa shape index (κ3) is 5.22. The van der Waals surface area contributed by atoms with Crippen molar-refractivity contribution >= 4 is 34.7 Å². The van der Waals surface area contributed by atoms with E-state index in [1.807, 2.05) is 6.07 Å². The number of benzene rings is 1. The molecular weight excluding hydrogens is 488 g/mol. The van der Waals surface area contributed by atoms with Gasteiger partial charge in [-0.1, -0.05) is 12.1 Å². The number of ether oxygens (including phenoxy) is 2. The largest absolute Gasteiger partial charge is 0.491 e. The molecule has 1 aliphatic heterocycles. The van der Waals surface area contributed by atoms with Crippen LogP contribution in [0.25, 0.3) is 5.65 Å². The number of Topliss-reactive ketones (excluding diaryl/α,β-unsaturated/α-hetero) is 1. The quantitative estimate of drug-likeness (QED) is 0.314. The lowest BCUT2D eigenvalue weighted by molar-refractivity contribution is 0.0696. The van der Waals surface area contributed by atoms with Crippen molar-refractivity contribution in [2.75, 3.05) is 37.5 Å². The standard InChI is InChI=1S/C27H28N6O5/c1-37-22-9-10-23(30-26(22)38-2)29-20-15-24(31-33-13-11-28-25(20)33)32-12-3-4-17(16-32)14-21(34)18-5-7-19(8-6-18)27(35)36/h5-11,13,15,17H,3-4,12,14,16H2,1-2H3,(H,29,30)(H,35,36). The zero-order valence-corrected chi connectivity index (χ0v) is 21.1. The Labute approximate surface area is 219 Å². The third-order valence-electron chi connectivity index (χ3n) is 6.62. The van der Waals surface area contributed by atoms with E-state index in [-0.39, 0.29) is 17.3 Å². The van der Waals surface area contributed by atoms with Crippen LogP contribution in [0.4, 0.5) is 17.3 Å². The van der Waals surface area contributed by atoms with E-state index in [2.05, 4.69) is 20.2 Å². The molecule has 1 saturated heterocycles. The average Bonchev–Trinajstić information content (AvgIpc) is 3.42. The lowest BCUT2D eigenvalue weighted by atomic mass is 9.90. The summed E-state index contributed by atoms with van der Waals surface area (Å²) in [4.78, 5) is 35.1. The molecule has 1 fully saturated rings. The fraction of sp³-hybridized carbons (Fsp3) is 0.296. The van der Waals surface area contributed by atoms with Crippen molar-refractivity contribution < 1.29 is 24.2 Å². The smallest absolute Gasteiger partial charge is 0.335 e. The Balaban J connectivity index is 1.34. The van der Waals surface area contributed by atoms with Crippen molar-refractivity contribution in [2.24, 2.45) is 5.92 Å². The highest BCUT2D eigenvalue weighted by atomic mass is 16.5. The number of hydrogen-bond donors (Lipinski definition) is 2. The van der Waals surface area contributed by atoms with Gasteiger partial charge in [-0.2, -0.15) is 4.98 Å². The van der Waals surface area contributed by atoms with E-state index in [0.717, 1.165) is 30.9 Å². The molecule has 38 heavy (non-hydrogen) atoms. The number of carboxylic acid groups (broad SMARTS) is 1. The van der Waals surface area contributed by atoms with E-state index in [9.17, 15) is 9.59 Å². The molecule has 11 nitrogen and oxygen atoms in total. The predicted octanol–water partition coefficient (Wildman–Crippen LogP) is 4.07. The molecule has 196 valence electrons. The Kier molecular flexibility index (Phi) is 7.07. The summed E-state index contributed by atoms with van der Waals surface area (Å²) in [7, 11) is 3.10. The number of fused-ring (bicyclic) bond motifs is 1. The highest BCUT2D eigenvalue weighted by molar-refractivity contribution is 5.97. The van der Waals surface area contributed by atoms with E-state index in [1.165, 1.54) is 19.2 Å². The molecule has 1 aliphatic rings. The van der Waals surface area contributed by atoms with Crippen LogP contribution in [0.5, 0.6) is 11.6 Å². The highest BCUT2D eigenvalue weighted by Gasteiger charge is 2.25. The number of rotatable bonds is 9. The molecule has 0 aliphatic carbocycles. The average molecular weight is 517 g/mol. The minimum absolute atomic E-state index is 0.00805. The second kappa shape index (κ2) is 10.8. The van der Waals surface area contributed by atoms with E-state index in [1.54, 1.807) is 48.3 Å². The van der Waals surface area contributed by atoms with Crippen LogP contribution >= 0.6 is 0 Å². The molecule has 2 N–H and O–H groups in total. The van der Waals surface area contributed by atoms with Crippen LogP contribution in [0.15, 0.2) is 54.9 Å². The summed E-state index contributed by atoms with van der Waals surface area (Å²) in [5.74, 6) is 1.39. The van der Waals surface area contributed by atoms with Gasteiger partial charge < -0.3 is 24.8 Å². The van der Waals surface area contributed by atoms with Gasteiger partial charge >= 0.3 is 5.97 Å². The van der Waals surface area contributed by atoms with Crippen molar-refractivity contribution in [1.29, 1.82) is 0 Å². The maximum Gasteiger partial charge on any atom is 0.335 e. The molecule has 0 radical (unpaired) electrons. The summed E-state index contributed by atoms with van der Waals surface area (Å²) in [6.45, 7) is 1.50. The SMILES string of the molecule is COc1ccc(Nc2cc(N3CCCC(CC(=O)c4ccc(C(=O)O)cc4)C3)nn3ccnc23)nc1OC. The zero-order chi connectivity index (χ0) is 26.6. The Morgan fingerprint density at radius 2 is 1.89 bits per heavy atom. The number of aromatic nitrogens is 4. The van der Waals surface area contributed by atoms with Gasteiger partial charge in [0.15, 0.2) is 23.0 Å². The second-order valence-corrected chi connectivity index (χ2v) is 9.11. The van der Waals surface area contributed by atoms with E-state index in [0.29, 0.717) is 41.6 Å². The van der Waals surface area contributed by atoms with Crippen molar-refractivity contribution in [1.82, 2.24) is 19.6 Å². The molecular formula is C27H28N6O5. The summed E-state index contributed by atoms with van der Waals surface area (Å²) >= 11 is 0. The number of hydrogen-bond acceptors (Lipinski definition) is 9. The monoisotopic (exact) mass is 516 g/mol. The Hall–Kier alpha value is -4.67. The maximum atomic E-state index is 12.9. The fourth-order valence-electron chi connectivity index (χ4n) is 4.71. The van der Waals surface area contributed by atoms with Crippen LogP contribution < -0.4 is 19.7 Å². The number of ketones is 1. The fourth-order valence-corrected chi connectivity index (χ4v) is 4.71. The lowest BCUT2D eigenvalue weighted by Gasteiger charge is -2.33. The molecule has 1 aromatic carbocycles. The first-order valence-electron chi connectivity index (χ1n) is 12.3. The molecule has 0 spiro atoms. The Morgan fingerprint density at radius 3 is 2.63 bits per heavy atom. The molecule has 1 unspecified atom stereocenters. The van der Waals surface area contributed by atoms with Gasteiger partial charge in [0.25, 0.3) is 5.88 Å². The molecule has 4 heterocycles. The van der Waals surface area contributed by atoms with Crippen molar-refractivity contribution in [3.05, 3.63) is 66.0 Å². The first-order valence-corrected chi connectivity index (χ1v) is 12.3. The van der Waals surface area contributed by atoms with E-state index >= 15 is 0 Å². The normalized spacial score (nSPS) is 15.3. The molecule has 0 amide bonds. The van der Waals surface area contributed by atoms with Gasteiger partial charge in [-0.05, 0) is 43.0 Å². The summed E-state index contributed by atoms with van der Waals surface area (Å²) in [5, 5.41) is 17.2. The minimum atomic E-state index is -1.01. The number of piperidine rings is 1. The van der Waals surface area contributed by atoms with Crippen LogP contribution in [-0.2, 0) is 0 Å². The van der Waals surface area contributed by atoms with Gasteiger partial charge in [-0.25, -0.2) is 14.3 Å². The summed E-state index contributed by atoms with van der Waals surface area (Å²) in [5.41, 5.74) is 2.08. The number of aromatic carboxylic acids is 1. The number of anilines is 3. The van der Waals surface area contributed by atoms with Crippen LogP contribution in [-0.4, -0.2) is 63.8 Å². The van der Waals surface area contributed by atoms with Crippen LogP contribution in [0.2, 0.25) is 0 Å². The second-order valence-electron chi connectivity index (χ2n) is 9.11. The third-order valence-corrected chi connectivity index (χ3v) is 6.62. The molecule has 11 heteroatoms. The summed E-state index contributed by atoms with van der Waals surface area (Å²) < 4.78 is 12.3. The van der Waals surface area contributed by atoms with Crippen LogP contribution in [0.1, 0.15) is 40.0 Å². The summed E-state index contributed by atoms with van der Waals surface area (Å²) in [6, 6.07) is 11.6. The number of carbonyl (C=O) groups excluding carboxylic acids is 1. The first kappa shape index (κ1) is 25.0. The van der Waals surface area contributed by atoms with Crippen LogP contribution in [0.3, 0.4) is 0 Å². The predicted molar refractivity (Wildman–Crippen MR) is 141 cm³/mol. The molecule has 4 aromatic rings. The number of carboxylic acids is 1. The highest BCUT2D eigenvalue weighted by Crippen LogP contribution is 2.31. The minimum Gasteiger partial charge on any atom is -0.491 e. The number of carbonyl (C=O) groups is 2. The van der Waals surface area contributed by atoms with Crippen LogP contribution in [0, 0.1) is 5.92 Å². The number of nitrogens with one attached hydrogen (secondary N) is 1. The number of pyridine rings is 1. The van der Waals surface area contributed by atoms with Gasteiger partial charge in [0.05, 0.1) is 25.5 Å². The molecule has 5 rings (SSSR count).